The molecule has 0 saturated carbocycles. The van der Waals surface area contributed by atoms with Crippen LogP contribution in [0.3, 0.4) is 0 Å². The highest BCUT2D eigenvalue weighted by molar-refractivity contribution is 5.81. The molecule has 1 unspecified atom stereocenters. The molecule has 0 fully saturated rings. The molecule has 5 heteroatoms. The van der Waals surface area contributed by atoms with Gasteiger partial charge in [-0.1, -0.05) is 35.9 Å². The third-order valence-corrected chi connectivity index (χ3v) is 4.27. The lowest BCUT2D eigenvalue weighted by molar-refractivity contribution is -0.139. The van der Waals surface area contributed by atoms with Crippen LogP contribution in [0.2, 0.25) is 0 Å². The van der Waals surface area contributed by atoms with Gasteiger partial charge in [0, 0.05) is 12.1 Å². The van der Waals surface area contributed by atoms with E-state index in [9.17, 15) is 9.90 Å². The second-order valence-corrected chi connectivity index (χ2v) is 6.48. The van der Waals surface area contributed by atoms with Crippen LogP contribution in [0.1, 0.15) is 23.8 Å². The average molecular weight is 365 g/mol. The number of furan rings is 1. The predicted molar refractivity (Wildman–Crippen MR) is 102 cm³/mol. The maximum atomic E-state index is 13.0. The standard InChI is InChI=1S/C22H23NO4/c1-16-9-11-19(12-10-16)27-17(2)22(25)23(15-20-7-5-13-26-20)14-18-6-3-4-8-21(18)24/h3-13,17,24H,14-15H2,1-2H3. The second kappa shape index (κ2) is 8.45. The van der Waals surface area contributed by atoms with Crippen LogP contribution in [0.25, 0.3) is 0 Å². The van der Waals surface area contributed by atoms with Gasteiger partial charge < -0.3 is 19.2 Å². The van der Waals surface area contributed by atoms with Crippen LogP contribution in [0.15, 0.2) is 71.3 Å². The van der Waals surface area contributed by atoms with E-state index < -0.39 is 6.10 Å². The number of phenols is 1. The zero-order valence-electron chi connectivity index (χ0n) is 15.5. The molecule has 1 heterocycles. The lowest BCUT2D eigenvalue weighted by atomic mass is 10.1. The SMILES string of the molecule is Cc1ccc(OC(C)C(=O)N(Cc2ccco2)Cc2ccccc2O)cc1. The first-order valence-electron chi connectivity index (χ1n) is 8.84. The third kappa shape index (κ3) is 4.91. The molecule has 0 spiro atoms. The number of phenolic OH excluding ortho intramolecular Hbond substituents is 1. The molecule has 3 rings (SSSR count). The largest absolute Gasteiger partial charge is 0.508 e. The van der Waals surface area contributed by atoms with Crippen molar-refractivity contribution >= 4 is 5.91 Å². The zero-order valence-corrected chi connectivity index (χ0v) is 15.5. The van der Waals surface area contributed by atoms with E-state index >= 15 is 0 Å². The topological polar surface area (TPSA) is 62.9 Å². The minimum absolute atomic E-state index is 0.154. The molecule has 0 radical (unpaired) electrons. The molecule has 0 aliphatic carbocycles. The average Bonchev–Trinajstić information content (AvgIpc) is 3.17. The Morgan fingerprint density at radius 2 is 1.81 bits per heavy atom. The van der Waals surface area contributed by atoms with Crippen LogP contribution in [-0.4, -0.2) is 22.0 Å². The molecule has 2 aromatic carbocycles. The summed E-state index contributed by atoms with van der Waals surface area (Å²) < 4.78 is 11.2. The van der Waals surface area contributed by atoms with Crippen molar-refractivity contribution in [2.45, 2.75) is 33.0 Å². The van der Waals surface area contributed by atoms with E-state index in [-0.39, 0.29) is 18.2 Å². The van der Waals surface area contributed by atoms with Crippen molar-refractivity contribution in [2.75, 3.05) is 0 Å². The Morgan fingerprint density at radius 3 is 2.48 bits per heavy atom. The van der Waals surface area contributed by atoms with Gasteiger partial charge in [0.1, 0.15) is 17.3 Å². The zero-order chi connectivity index (χ0) is 19.2. The van der Waals surface area contributed by atoms with E-state index in [4.69, 9.17) is 9.15 Å². The van der Waals surface area contributed by atoms with Crippen LogP contribution in [0.4, 0.5) is 0 Å². The maximum absolute atomic E-state index is 13.0. The number of hydrogen-bond donors (Lipinski definition) is 1. The Kier molecular flexibility index (Phi) is 5.81. The molecule has 1 N–H and O–H groups in total. The maximum Gasteiger partial charge on any atom is 0.264 e. The summed E-state index contributed by atoms with van der Waals surface area (Å²) in [5.41, 5.74) is 1.79. The lowest BCUT2D eigenvalue weighted by Crippen LogP contribution is -2.39. The Morgan fingerprint density at radius 1 is 1.07 bits per heavy atom. The Hall–Kier alpha value is -3.21. The van der Waals surface area contributed by atoms with E-state index in [0.717, 1.165) is 5.56 Å². The van der Waals surface area contributed by atoms with E-state index in [1.54, 1.807) is 42.4 Å². The third-order valence-electron chi connectivity index (χ3n) is 4.27. The minimum Gasteiger partial charge on any atom is -0.508 e. The molecule has 0 bridgehead atoms. The van der Waals surface area contributed by atoms with Crippen LogP contribution >= 0.6 is 0 Å². The number of para-hydroxylation sites is 1. The van der Waals surface area contributed by atoms with Crippen molar-refractivity contribution in [3.63, 3.8) is 0 Å². The summed E-state index contributed by atoms with van der Waals surface area (Å²) in [6.45, 7) is 4.27. The molecule has 140 valence electrons. The van der Waals surface area contributed by atoms with Gasteiger partial charge >= 0.3 is 0 Å². The Labute approximate surface area is 158 Å². The normalized spacial score (nSPS) is 11.8. The van der Waals surface area contributed by atoms with Crippen molar-refractivity contribution in [1.29, 1.82) is 0 Å². The minimum atomic E-state index is -0.673. The van der Waals surface area contributed by atoms with E-state index in [0.29, 0.717) is 23.6 Å². The number of aryl methyl sites for hydroxylation is 1. The van der Waals surface area contributed by atoms with Crippen LogP contribution < -0.4 is 4.74 Å². The Bertz CT molecular complexity index is 872. The van der Waals surface area contributed by atoms with Gasteiger partial charge in [0.2, 0.25) is 0 Å². The fourth-order valence-corrected chi connectivity index (χ4v) is 2.78. The number of ether oxygens (including phenoxy) is 1. The quantitative estimate of drug-likeness (QED) is 0.678. The first-order valence-corrected chi connectivity index (χ1v) is 8.84. The number of benzene rings is 2. The highest BCUT2D eigenvalue weighted by Crippen LogP contribution is 2.21. The second-order valence-electron chi connectivity index (χ2n) is 6.48. The molecule has 5 nitrogen and oxygen atoms in total. The first kappa shape index (κ1) is 18.6. The number of nitrogens with zero attached hydrogens (tertiary/aromatic N) is 1. The van der Waals surface area contributed by atoms with Gasteiger partial charge in [-0.15, -0.1) is 0 Å². The molecule has 3 aromatic rings. The highest BCUT2D eigenvalue weighted by Gasteiger charge is 2.24. The first-order chi connectivity index (χ1) is 13.0. The van der Waals surface area contributed by atoms with Crippen molar-refractivity contribution in [1.82, 2.24) is 4.90 Å². The molecule has 1 atom stereocenters. The highest BCUT2D eigenvalue weighted by atomic mass is 16.5. The molecular formula is C22H23NO4. The number of carbonyl (C=O) groups excluding carboxylic acids is 1. The van der Waals surface area contributed by atoms with E-state index in [1.807, 2.05) is 43.3 Å². The van der Waals surface area contributed by atoms with Gasteiger partial charge in [0.15, 0.2) is 6.10 Å². The molecule has 0 aliphatic heterocycles. The fraction of sp³-hybridized carbons (Fsp3) is 0.227. The number of rotatable bonds is 7. The van der Waals surface area contributed by atoms with E-state index in [2.05, 4.69) is 0 Å². The monoisotopic (exact) mass is 365 g/mol. The number of carbonyl (C=O) groups is 1. The van der Waals surface area contributed by atoms with E-state index in [1.165, 1.54) is 0 Å². The van der Waals surface area contributed by atoms with Gasteiger partial charge in [0.05, 0.1) is 12.8 Å². The van der Waals surface area contributed by atoms with Gasteiger partial charge in [-0.25, -0.2) is 0 Å². The molecule has 0 saturated heterocycles. The summed E-state index contributed by atoms with van der Waals surface area (Å²) >= 11 is 0. The van der Waals surface area contributed by atoms with Crippen LogP contribution in [-0.2, 0) is 17.9 Å². The summed E-state index contributed by atoms with van der Waals surface area (Å²) in [6, 6.07) is 18.2. The summed E-state index contributed by atoms with van der Waals surface area (Å²) in [5, 5.41) is 10.1. The summed E-state index contributed by atoms with van der Waals surface area (Å²) in [6.07, 6.45) is 0.901. The molecular weight excluding hydrogens is 342 g/mol. The fourth-order valence-electron chi connectivity index (χ4n) is 2.78. The summed E-state index contributed by atoms with van der Waals surface area (Å²) in [5.74, 6) is 1.28. The van der Waals surface area contributed by atoms with Gasteiger partial charge in [0.25, 0.3) is 5.91 Å². The lowest BCUT2D eigenvalue weighted by Gasteiger charge is -2.26. The number of amides is 1. The van der Waals surface area contributed by atoms with Crippen molar-refractivity contribution in [3.8, 4) is 11.5 Å². The number of aromatic hydroxyl groups is 1. The summed E-state index contributed by atoms with van der Waals surface area (Å²) in [4.78, 5) is 14.7. The molecule has 1 aromatic heterocycles. The van der Waals surface area contributed by atoms with Crippen molar-refractivity contribution in [2.24, 2.45) is 0 Å². The number of hydrogen-bond acceptors (Lipinski definition) is 4. The summed E-state index contributed by atoms with van der Waals surface area (Å²) in [7, 11) is 0. The van der Waals surface area contributed by atoms with Crippen molar-refractivity contribution < 1.29 is 19.1 Å². The predicted octanol–water partition coefficient (Wildman–Crippen LogP) is 4.29. The van der Waals surface area contributed by atoms with Crippen molar-refractivity contribution in [3.05, 3.63) is 83.8 Å². The Balaban J connectivity index is 1.76. The molecule has 27 heavy (non-hydrogen) atoms. The molecule has 1 amide bonds. The smallest absolute Gasteiger partial charge is 0.264 e. The van der Waals surface area contributed by atoms with Gasteiger partial charge in [-0.3, -0.25) is 4.79 Å². The van der Waals surface area contributed by atoms with Gasteiger partial charge in [-0.05, 0) is 44.2 Å². The molecule has 0 aliphatic rings. The van der Waals surface area contributed by atoms with Gasteiger partial charge in [-0.2, -0.15) is 0 Å². The van der Waals surface area contributed by atoms with Crippen LogP contribution in [0.5, 0.6) is 11.5 Å². The van der Waals surface area contributed by atoms with Crippen LogP contribution in [0, 0.1) is 6.92 Å².